The Morgan fingerprint density at radius 3 is 2.21 bits per heavy atom. The number of nitrogens with zero attached hydrogens (tertiary/aromatic N) is 5. The number of aromatic nitrogens is 4. The number of hydrogen-bond acceptors (Lipinski definition) is 6. The monoisotopic (exact) mass is 468 g/mol. The lowest BCUT2D eigenvalue weighted by Crippen LogP contribution is -2.44. The van der Waals surface area contributed by atoms with Crippen LogP contribution in [0.1, 0.15) is 5.56 Å². The number of fused-ring (bicyclic) bond motifs is 1. The van der Waals surface area contributed by atoms with Crippen molar-refractivity contribution >= 4 is 23.1 Å². The van der Waals surface area contributed by atoms with Crippen molar-refractivity contribution < 1.29 is 23.1 Å². The average Bonchev–Trinajstić information content (AvgIpc) is 3.17. The number of aryl methyl sites for hydroxylation is 2. The van der Waals surface area contributed by atoms with E-state index in [1.165, 1.54) is 11.6 Å². The second-order valence-electron chi connectivity index (χ2n) is 7.45. The number of piperazine rings is 1. The highest BCUT2D eigenvalue weighted by molar-refractivity contribution is 5.78. The van der Waals surface area contributed by atoms with Crippen LogP contribution in [0.2, 0.25) is 0 Å². The first-order chi connectivity index (χ1) is 15.4. The number of nitrogens with one attached hydrogen (secondary N) is 1. The maximum atomic E-state index is 13.0. The summed E-state index contributed by atoms with van der Waals surface area (Å²) in [5.74, 6) is -2.05. The number of halogens is 3. The molecule has 0 unspecified atom stereocenters. The molecule has 0 atom stereocenters. The van der Waals surface area contributed by atoms with Crippen molar-refractivity contribution in [3.63, 3.8) is 0 Å². The molecule has 1 fully saturated rings. The van der Waals surface area contributed by atoms with Crippen LogP contribution in [0.25, 0.3) is 16.9 Å². The summed E-state index contributed by atoms with van der Waals surface area (Å²) in [6.45, 7) is 5.31. The minimum absolute atomic E-state index is 0.333. The molecule has 1 aliphatic heterocycles. The summed E-state index contributed by atoms with van der Waals surface area (Å²) in [7, 11) is 3.16. The van der Waals surface area contributed by atoms with E-state index in [4.69, 9.17) is 14.9 Å². The summed E-state index contributed by atoms with van der Waals surface area (Å²) in [5.41, 5.74) is 2.08. The summed E-state index contributed by atoms with van der Waals surface area (Å²) in [5, 5.41) is 10.5. The van der Waals surface area contributed by atoms with Gasteiger partial charge in [0.15, 0.2) is 11.2 Å². The Balaban J connectivity index is 0.000000383. The Kier molecular flexibility index (Phi) is 6.63. The third kappa shape index (κ3) is 4.62. The zero-order valence-corrected chi connectivity index (χ0v) is 18.2. The van der Waals surface area contributed by atoms with Crippen molar-refractivity contribution in [3.8, 4) is 5.69 Å². The van der Waals surface area contributed by atoms with Crippen LogP contribution in [0.5, 0.6) is 0 Å². The van der Waals surface area contributed by atoms with Crippen LogP contribution in [-0.2, 0) is 18.9 Å². The van der Waals surface area contributed by atoms with E-state index < -0.39 is 12.1 Å². The summed E-state index contributed by atoms with van der Waals surface area (Å²) < 4.78 is 36.2. The number of para-hydroxylation sites is 1. The summed E-state index contributed by atoms with van der Waals surface area (Å²) >= 11 is 0. The van der Waals surface area contributed by atoms with Crippen LogP contribution in [0.15, 0.2) is 33.9 Å². The summed E-state index contributed by atoms with van der Waals surface area (Å²) in [4.78, 5) is 41.1. The lowest BCUT2D eigenvalue weighted by Gasteiger charge is -2.29. The number of rotatable bonds is 2. The molecule has 0 saturated carbocycles. The number of carboxylic acid groups (broad SMARTS) is 1. The topological polar surface area (TPSA) is 114 Å². The highest BCUT2D eigenvalue weighted by atomic mass is 19.4. The van der Waals surface area contributed by atoms with Crippen LogP contribution in [0, 0.1) is 6.92 Å². The van der Waals surface area contributed by atoms with Gasteiger partial charge in [-0.1, -0.05) is 18.2 Å². The molecule has 3 heterocycles. The molecule has 1 aromatic carbocycles. The molecule has 3 aromatic rings. The molecule has 1 aliphatic rings. The molecule has 178 valence electrons. The highest BCUT2D eigenvalue weighted by Crippen LogP contribution is 2.26. The fraction of sp³-hybridized carbons (Fsp3) is 0.400. The molecule has 1 saturated heterocycles. The number of benzene rings is 1. The van der Waals surface area contributed by atoms with Gasteiger partial charge in [0.05, 0.1) is 5.69 Å². The second-order valence-corrected chi connectivity index (χ2v) is 7.45. The van der Waals surface area contributed by atoms with Gasteiger partial charge in [0.1, 0.15) is 0 Å². The van der Waals surface area contributed by atoms with Crippen LogP contribution >= 0.6 is 0 Å². The fourth-order valence-electron chi connectivity index (χ4n) is 3.50. The SMILES string of the molecule is Cc1ccccc1-n1c(N2CCNCC2)nc2c1c(=O)n(C)c(=O)n2C.O=C(O)C(F)(F)F. The van der Waals surface area contributed by atoms with Gasteiger partial charge in [-0.3, -0.25) is 18.5 Å². The predicted molar refractivity (Wildman–Crippen MR) is 115 cm³/mol. The van der Waals surface area contributed by atoms with Gasteiger partial charge in [0.2, 0.25) is 5.95 Å². The minimum Gasteiger partial charge on any atom is -0.475 e. The average molecular weight is 468 g/mol. The third-order valence-corrected chi connectivity index (χ3v) is 5.24. The molecule has 4 rings (SSSR count). The predicted octanol–water partition coefficient (Wildman–Crippen LogP) is 0.774. The van der Waals surface area contributed by atoms with E-state index in [1.807, 2.05) is 35.8 Å². The first-order valence-electron chi connectivity index (χ1n) is 9.95. The van der Waals surface area contributed by atoms with Crippen molar-refractivity contribution in [2.24, 2.45) is 14.1 Å². The van der Waals surface area contributed by atoms with Gasteiger partial charge in [-0.2, -0.15) is 18.2 Å². The molecule has 0 amide bonds. The highest BCUT2D eigenvalue weighted by Gasteiger charge is 2.38. The fourth-order valence-corrected chi connectivity index (χ4v) is 3.50. The Morgan fingerprint density at radius 1 is 1.09 bits per heavy atom. The van der Waals surface area contributed by atoms with Crippen LogP contribution in [0.4, 0.5) is 19.1 Å². The molecule has 10 nitrogen and oxygen atoms in total. The minimum atomic E-state index is -5.08. The molecule has 0 bridgehead atoms. The molecule has 13 heteroatoms. The number of hydrogen-bond donors (Lipinski definition) is 2. The van der Waals surface area contributed by atoms with Crippen LogP contribution in [-0.4, -0.2) is 62.1 Å². The van der Waals surface area contributed by atoms with Crippen molar-refractivity contribution in [3.05, 3.63) is 50.7 Å². The Labute approximate surface area is 185 Å². The van der Waals surface area contributed by atoms with Gasteiger partial charge < -0.3 is 15.3 Å². The molecule has 0 aliphatic carbocycles. The largest absolute Gasteiger partial charge is 0.490 e. The molecule has 0 spiro atoms. The normalized spacial score (nSPS) is 14.2. The number of carboxylic acids is 1. The number of imidazole rings is 1. The van der Waals surface area contributed by atoms with Crippen LogP contribution in [0.3, 0.4) is 0 Å². The molecule has 2 aromatic heterocycles. The smallest absolute Gasteiger partial charge is 0.475 e. The van der Waals surface area contributed by atoms with E-state index in [-0.39, 0.29) is 11.2 Å². The van der Waals surface area contributed by atoms with Gasteiger partial charge in [0, 0.05) is 40.3 Å². The van der Waals surface area contributed by atoms with Crippen molar-refractivity contribution in [2.45, 2.75) is 13.1 Å². The van der Waals surface area contributed by atoms with Gasteiger partial charge in [-0.05, 0) is 18.6 Å². The first kappa shape index (κ1) is 24.0. The van der Waals surface area contributed by atoms with E-state index in [0.717, 1.165) is 42.0 Å². The zero-order valence-electron chi connectivity index (χ0n) is 18.2. The van der Waals surface area contributed by atoms with Gasteiger partial charge in [-0.15, -0.1) is 0 Å². The van der Waals surface area contributed by atoms with E-state index in [9.17, 15) is 22.8 Å². The summed E-state index contributed by atoms with van der Waals surface area (Å²) in [6, 6.07) is 7.90. The van der Waals surface area contributed by atoms with E-state index in [2.05, 4.69) is 10.2 Å². The molecule has 33 heavy (non-hydrogen) atoms. The number of carbonyl (C=O) groups is 1. The standard InChI is InChI=1S/C18H22N6O2.C2HF3O2/c1-12-6-4-5-7-13(12)24-14-15(21(2)18(26)22(3)16(14)25)20-17(24)23-10-8-19-9-11-23;3-2(4,5)1(6)7/h4-7,19H,8-11H2,1-3H3;(H,6,7). The van der Waals surface area contributed by atoms with Gasteiger partial charge in [0.25, 0.3) is 5.56 Å². The molecular formula is C20H23F3N6O4. The van der Waals surface area contributed by atoms with E-state index in [1.54, 1.807) is 7.05 Å². The molecule has 2 N–H and O–H groups in total. The quantitative estimate of drug-likeness (QED) is 0.571. The zero-order chi connectivity index (χ0) is 24.5. The molecular weight excluding hydrogens is 445 g/mol. The Hall–Kier alpha value is -3.61. The Morgan fingerprint density at radius 2 is 1.67 bits per heavy atom. The third-order valence-electron chi connectivity index (χ3n) is 5.24. The number of anilines is 1. The van der Waals surface area contributed by atoms with Gasteiger partial charge in [-0.25, -0.2) is 9.59 Å². The van der Waals surface area contributed by atoms with Crippen LogP contribution < -0.4 is 21.5 Å². The Bertz CT molecular complexity index is 1300. The van der Waals surface area contributed by atoms with Gasteiger partial charge >= 0.3 is 17.8 Å². The summed E-state index contributed by atoms with van der Waals surface area (Å²) in [6.07, 6.45) is -5.08. The number of aliphatic carboxylic acids is 1. The molecule has 0 radical (unpaired) electrons. The lowest BCUT2D eigenvalue weighted by atomic mass is 10.2. The van der Waals surface area contributed by atoms with Crippen molar-refractivity contribution in [1.82, 2.24) is 24.0 Å². The van der Waals surface area contributed by atoms with Crippen molar-refractivity contribution in [2.75, 3.05) is 31.1 Å². The van der Waals surface area contributed by atoms with Crippen molar-refractivity contribution in [1.29, 1.82) is 0 Å². The first-order valence-corrected chi connectivity index (χ1v) is 9.95. The van der Waals surface area contributed by atoms with E-state index >= 15 is 0 Å². The second kappa shape index (κ2) is 9.10. The lowest BCUT2D eigenvalue weighted by molar-refractivity contribution is -0.192. The maximum absolute atomic E-state index is 13.0. The maximum Gasteiger partial charge on any atom is 0.490 e. The van der Waals surface area contributed by atoms with E-state index in [0.29, 0.717) is 17.1 Å². The number of alkyl halides is 3.